The van der Waals surface area contributed by atoms with Crippen molar-refractivity contribution in [2.24, 2.45) is 0 Å². The standard InChI is InChI=1S/C28H36N2O4/c1-20(2)34-24-15-14-22(18-25(24)33-3)27-28(32)30(23-12-8-5-9-13-23)19-26(31)29(27)17-16-21-10-6-4-7-11-21/h4,6-7,10-11,14-15,18,20,23,27H,5,8-9,12-13,16-17,19H2,1-3H3/t27-/m1/s1. The molecule has 1 aliphatic carbocycles. The second kappa shape index (κ2) is 10.9. The average molecular weight is 465 g/mol. The summed E-state index contributed by atoms with van der Waals surface area (Å²) in [4.78, 5) is 31.0. The number of benzene rings is 2. The van der Waals surface area contributed by atoms with E-state index in [1.54, 1.807) is 12.0 Å². The third-order valence-electron chi connectivity index (χ3n) is 6.82. The van der Waals surface area contributed by atoms with Gasteiger partial charge in [-0.3, -0.25) is 9.59 Å². The number of amides is 2. The summed E-state index contributed by atoms with van der Waals surface area (Å²) < 4.78 is 11.5. The summed E-state index contributed by atoms with van der Waals surface area (Å²) >= 11 is 0. The van der Waals surface area contributed by atoms with Gasteiger partial charge in [0.2, 0.25) is 5.91 Å². The van der Waals surface area contributed by atoms with Gasteiger partial charge < -0.3 is 19.3 Å². The molecular weight excluding hydrogens is 428 g/mol. The van der Waals surface area contributed by atoms with Crippen molar-refractivity contribution in [2.75, 3.05) is 20.2 Å². The van der Waals surface area contributed by atoms with Crippen LogP contribution in [-0.4, -0.2) is 54.0 Å². The highest BCUT2D eigenvalue weighted by Crippen LogP contribution is 2.37. The van der Waals surface area contributed by atoms with Gasteiger partial charge in [-0.15, -0.1) is 0 Å². The number of carbonyl (C=O) groups is 2. The summed E-state index contributed by atoms with van der Waals surface area (Å²) in [6.45, 7) is 4.58. The lowest BCUT2D eigenvalue weighted by molar-refractivity contribution is -0.159. The zero-order valence-electron chi connectivity index (χ0n) is 20.5. The van der Waals surface area contributed by atoms with Crippen LogP contribution in [-0.2, 0) is 16.0 Å². The van der Waals surface area contributed by atoms with Gasteiger partial charge in [0, 0.05) is 12.6 Å². The Balaban J connectivity index is 1.66. The predicted octanol–water partition coefficient (Wildman–Crippen LogP) is 4.77. The molecule has 0 spiro atoms. The molecular formula is C28H36N2O4. The first-order valence-corrected chi connectivity index (χ1v) is 12.5. The van der Waals surface area contributed by atoms with E-state index in [1.165, 1.54) is 6.42 Å². The molecule has 6 heteroatoms. The first kappa shape index (κ1) is 24.1. The first-order chi connectivity index (χ1) is 16.5. The number of rotatable bonds is 8. The smallest absolute Gasteiger partial charge is 0.250 e. The lowest BCUT2D eigenvalue weighted by Crippen LogP contribution is -2.58. The van der Waals surface area contributed by atoms with Crippen LogP contribution in [0.4, 0.5) is 0 Å². The minimum absolute atomic E-state index is 0.00167. The summed E-state index contributed by atoms with van der Waals surface area (Å²) in [5, 5.41) is 0. The average Bonchev–Trinajstić information content (AvgIpc) is 2.85. The van der Waals surface area contributed by atoms with Crippen molar-refractivity contribution in [2.45, 2.75) is 70.6 Å². The minimum Gasteiger partial charge on any atom is -0.493 e. The predicted molar refractivity (Wildman–Crippen MR) is 132 cm³/mol. The van der Waals surface area contributed by atoms with Gasteiger partial charge >= 0.3 is 0 Å². The van der Waals surface area contributed by atoms with E-state index >= 15 is 0 Å². The first-order valence-electron chi connectivity index (χ1n) is 12.5. The molecule has 1 aliphatic heterocycles. The highest BCUT2D eigenvalue weighted by Gasteiger charge is 2.43. The fraction of sp³-hybridized carbons (Fsp3) is 0.500. The topological polar surface area (TPSA) is 59.1 Å². The van der Waals surface area contributed by atoms with E-state index in [9.17, 15) is 9.59 Å². The number of carbonyl (C=O) groups excluding carboxylic acids is 2. The zero-order valence-corrected chi connectivity index (χ0v) is 20.5. The maximum Gasteiger partial charge on any atom is 0.250 e. The molecule has 2 aromatic carbocycles. The van der Waals surface area contributed by atoms with Crippen molar-refractivity contribution in [1.82, 2.24) is 9.80 Å². The Bertz CT molecular complexity index is 985. The molecule has 0 unspecified atom stereocenters. The summed E-state index contributed by atoms with van der Waals surface area (Å²) in [5.41, 5.74) is 1.91. The number of ether oxygens (including phenoxy) is 2. The van der Waals surface area contributed by atoms with E-state index in [-0.39, 0.29) is 30.5 Å². The molecule has 1 heterocycles. The number of nitrogens with zero attached hydrogens (tertiary/aromatic N) is 2. The van der Waals surface area contributed by atoms with E-state index < -0.39 is 6.04 Å². The van der Waals surface area contributed by atoms with Crippen LogP contribution < -0.4 is 9.47 Å². The Morgan fingerprint density at radius 2 is 1.71 bits per heavy atom. The molecule has 2 aromatic rings. The van der Waals surface area contributed by atoms with Crippen LogP contribution in [0.15, 0.2) is 48.5 Å². The van der Waals surface area contributed by atoms with Crippen LogP contribution in [0.1, 0.15) is 63.1 Å². The van der Waals surface area contributed by atoms with Crippen molar-refractivity contribution in [3.05, 3.63) is 59.7 Å². The molecule has 1 atom stereocenters. The van der Waals surface area contributed by atoms with Gasteiger partial charge in [-0.05, 0) is 56.4 Å². The van der Waals surface area contributed by atoms with Gasteiger partial charge in [0.15, 0.2) is 11.5 Å². The van der Waals surface area contributed by atoms with Crippen molar-refractivity contribution >= 4 is 11.8 Å². The van der Waals surface area contributed by atoms with Gasteiger partial charge in [-0.25, -0.2) is 0 Å². The molecule has 2 fully saturated rings. The zero-order chi connectivity index (χ0) is 24.1. The van der Waals surface area contributed by atoms with Gasteiger partial charge in [-0.1, -0.05) is 55.7 Å². The molecule has 0 N–H and O–H groups in total. The lowest BCUT2D eigenvalue weighted by atomic mass is 9.91. The fourth-order valence-electron chi connectivity index (χ4n) is 5.13. The Kier molecular flexibility index (Phi) is 7.76. The van der Waals surface area contributed by atoms with E-state index in [1.807, 2.05) is 55.1 Å². The monoisotopic (exact) mass is 464 g/mol. The van der Waals surface area contributed by atoms with Crippen LogP contribution in [0.3, 0.4) is 0 Å². The Morgan fingerprint density at radius 1 is 0.971 bits per heavy atom. The van der Waals surface area contributed by atoms with Crippen LogP contribution in [0.5, 0.6) is 11.5 Å². The summed E-state index contributed by atoms with van der Waals surface area (Å²) in [5.74, 6) is 1.23. The van der Waals surface area contributed by atoms with Crippen molar-refractivity contribution in [3.63, 3.8) is 0 Å². The van der Waals surface area contributed by atoms with Crippen LogP contribution in [0.25, 0.3) is 0 Å². The second-order valence-corrected chi connectivity index (χ2v) is 9.56. The number of piperazine rings is 1. The van der Waals surface area contributed by atoms with Crippen molar-refractivity contribution < 1.29 is 19.1 Å². The van der Waals surface area contributed by atoms with Crippen molar-refractivity contribution in [1.29, 1.82) is 0 Å². The largest absolute Gasteiger partial charge is 0.493 e. The molecule has 2 amide bonds. The molecule has 0 aromatic heterocycles. The van der Waals surface area contributed by atoms with Gasteiger partial charge in [0.05, 0.1) is 13.2 Å². The molecule has 4 rings (SSSR count). The molecule has 0 bridgehead atoms. The SMILES string of the molecule is COc1cc([C@@H]2C(=O)N(C3CCCCC3)CC(=O)N2CCc2ccccc2)ccc1OC(C)C. The highest BCUT2D eigenvalue weighted by atomic mass is 16.5. The van der Waals surface area contributed by atoms with Gasteiger partial charge in [0.25, 0.3) is 5.91 Å². The summed E-state index contributed by atoms with van der Waals surface area (Å²) in [6.07, 6.45) is 6.07. The number of methoxy groups -OCH3 is 1. The quantitative estimate of drug-likeness (QED) is 0.565. The van der Waals surface area contributed by atoms with Gasteiger partial charge in [-0.2, -0.15) is 0 Å². The van der Waals surface area contributed by atoms with Crippen LogP contribution in [0.2, 0.25) is 0 Å². The Hall–Kier alpha value is -3.02. The van der Waals surface area contributed by atoms with Gasteiger partial charge in [0.1, 0.15) is 12.6 Å². The van der Waals surface area contributed by atoms with Crippen LogP contribution >= 0.6 is 0 Å². The van der Waals surface area contributed by atoms with E-state index in [0.717, 1.165) is 36.8 Å². The molecule has 182 valence electrons. The molecule has 2 aliphatic rings. The van der Waals surface area contributed by atoms with Crippen molar-refractivity contribution in [3.8, 4) is 11.5 Å². The number of hydrogen-bond acceptors (Lipinski definition) is 4. The fourth-order valence-corrected chi connectivity index (χ4v) is 5.13. The Morgan fingerprint density at radius 3 is 2.38 bits per heavy atom. The number of hydrogen-bond donors (Lipinski definition) is 0. The Labute approximate surface area is 202 Å². The normalized spacial score (nSPS) is 19.6. The second-order valence-electron chi connectivity index (χ2n) is 9.56. The summed E-state index contributed by atoms with van der Waals surface area (Å²) in [6, 6.07) is 15.2. The molecule has 1 saturated heterocycles. The van der Waals surface area contributed by atoms with Crippen LogP contribution in [0, 0.1) is 0 Å². The van der Waals surface area contributed by atoms with E-state index in [4.69, 9.17) is 9.47 Å². The lowest BCUT2D eigenvalue weighted by Gasteiger charge is -2.44. The summed E-state index contributed by atoms with van der Waals surface area (Å²) in [7, 11) is 1.60. The molecule has 1 saturated carbocycles. The minimum atomic E-state index is -0.658. The third kappa shape index (κ3) is 5.37. The van der Waals surface area contributed by atoms with E-state index in [2.05, 4.69) is 12.1 Å². The molecule has 0 radical (unpaired) electrons. The maximum absolute atomic E-state index is 13.9. The molecule has 34 heavy (non-hydrogen) atoms. The highest BCUT2D eigenvalue weighted by molar-refractivity contribution is 5.96. The maximum atomic E-state index is 13.9. The third-order valence-corrected chi connectivity index (χ3v) is 6.82. The molecule has 6 nitrogen and oxygen atoms in total. The van der Waals surface area contributed by atoms with E-state index in [0.29, 0.717) is 24.5 Å².